The molecule has 0 bridgehead atoms. The van der Waals surface area contributed by atoms with E-state index in [0.29, 0.717) is 31.3 Å². The first-order valence-corrected chi connectivity index (χ1v) is 8.41. The van der Waals surface area contributed by atoms with Gasteiger partial charge in [0.1, 0.15) is 5.82 Å². The number of nitrogens with zero attached hydrogens (tertiary/aromatic N) is 6. The van der Waals surface area contributed by atoms with Crippen molar-refractivity contribution in [1.82, 2.24) is 19.7 Å². The summed E-state index contributed by atoms with van der Waals surface area (Å²) in [5, 5.41) is 16.0. The van der Waals surface area contributed by atoms with E-state index in [-0.39, 0.29) is 11.8 Å². The van der Waals surface area contributed by atoms with Crippen molar-refractivity contribution in [3.63, 3.8) is 0 Å². The van der Waals surface area contributed by atoms with Crippen LogP contribution in [0.4, 0.5) is 11.8 Å². The number of nitriles is 1. The average Bonchev–Trinajstić information content (AvgIpc) is 3.00. The second kappa shape index (κ2) is 7.75. The van der Waals surface area contributed by atoms with Crippen LogP contribution in [0.1, 0.15) is 25.0 Å². The number of hydrogen-bond acceptors (Lipinski definition) is 6. The largest absolute Gasteiger partial charge is 0.340 e. The molecule has 1 amide bonds. The van der Waals surface area contributed by atoms with E-state index in [0.717, 1.165) is 25.1 Å². The standard InChI is InChI=1S/C17H21N7O/c1-13-11-15(24(22-13)10-3-6-18)21-16(25)14-5-2-9-23(12-14)17-19-7-4-8-20-17/h4,7-8,11,14H,2-3,5,9-10,12H2,1H3,(H,21,25). The molecule has 1 fully saturated rings. The molecule has 0 radical (unpaired) electrons. The van der Waals surface area contributed by atoms with Crippen LogP contribution >= 0.6 is 0 Å². The number of aryl methyl sites for hydroxylation is 2. The molecule has 1 saturated heterocycles. The Balaban J connectivity index is 1.66. The maximum atomic E-state index is 12.7. The molecule has 1 aliphatic heterocycles. The topological polar surface area (TPSA) is 99.7 Å². The lowest BCUT2D eigenvalue weighted by molar-refractivity contribution is -0.120. The molecule has 2 aromatic rings. The van der Waals surface area contributed by atoms with E-state index >= 15 is 0 Å². The zero-order valence-electron chi connectivity index (χ0n) is 14.2. The van der Waals surface area contributed by atoms with Crippen molar-refractivity contribution in [3.8, 4) is 6.07 Å². The first-order valence-electron chi connectivity index (χ1n) is 8.41. The maximum Gasteiger partial charge on any atom is 0.230 e. The van der Waals surface area contributed by atoms with E-state index in [1.165, 1.54) is 0 Å². The van der Waals surface area contributed by atoms with E-state index < -0.39 is 0 Å². The van der Waals surface area contributed by atoms with Gasteiger partial charge in [-0.15, -0.1) is 0 Å². The second-order valence-electron chi connectivity index (χ2n) is 6.13. The molecule has 0 aromatic carbocycles. The molecular weight excluding hydrogens is 318 g/mol. The Hall–Kier alpha value is -2.95. The van der Waals surface area contributed by atoms with Crippen molar-refractivity contribution in [2.24, 2.45) is 5.92 Å². The third-order valence-electron chi connectivity index (χ3n) is 4.22. The molecule has 2 aromatic heterocycles. The molecule has 8 nitrogen and oxygen atoms in total. The Kier molecular flexibility index (Phi) is 5.23. The van der Waals surface area contributed by atoms with Crippen LogP contribution in [0.2, 0.25) is 0 Å². The second-order valence-corrected chi connectivity index (χ2v) is 6.13. The molecular formula is C17H21N7O. The Labute approximate surface area is 146 Å². The van der Waals surface area contributed by atoms with Crippen LogP contribution in [0.15, 0.2) is 24.5 Å². The number of piperidine rings is 1. The molecule has 3 rings (SSSR count). The van der Waals surface area contributed by atoms with Gasteiger partial charge in [0.25, 0.3) is 0 Å². The van der Waals surface area contributed by atoms with Crippen molar-refractivity contribution in [3.05, 3.63) is 30.2 Å². The van der Waals surface area contributed by atoms with Gasteiger partial charge in [0, 0.05) is 31.5 Å². The van der Waals surface area contributed by atoms with Gasteiger partial charge < -0.3 is 10.2 Å². The number of aromatic nitrogens is 4. The summed E-state index contributed by atoms with van der Waals surface area (Å²) in [5.74, 6) is 1.15. The van der Waals surface area contributed by atoms with Crippen LogP contribution < -0.4 is 10.2 Å². The third-order valence-corrected chi connectivity index (χ3v) is 4.22. The molecule has 0 saturated carbocycles. The highest BCUT2D eigenvalue weighted by atomic mass is 16.2. The SMILES string of the molecule is Cc1cc(NC(=O)C2CCCN(c3ncccn3)C2)n(CCC#N)n1. The number of rotatable bonds is 5. The monoisotopic (exact) mass is 339 g/mol. The summed E-state index contributed by atoms with van der Waals surface area (Å²) in [6.07, 6.45) is 5.53. The number of hydrogen-bond donors (Lipinski definition) is 1. The normalized spacial score (nSPS) is 17.1. The molecule has 130 valence electrons. The molecule has 1 N–H and O–H groups in total. The Morgan fingerprint density at radius 3 is 3.00 bits per heavy atom. The van der Waals surface area contributed by atoms with E-state index in [1.807, 2.05) is 17.9 Å². The van der Waals surface area contributed by atoms with Gasteiger partial charge >= 0.3 is 0 Å². The predicted molar refractivity (Wildman–Crippen MR) is 92.8 cm³/mol. The first kappa shape index (κ1) is 16.9. The van der Waals surface area contributed by atoms with Crippen molar-refractivity contribution in [1.29, 1.82) is 5.26 Å². The predicted octanol–water partition coefficient (Wildman–Crippen LogP) is 1.75. The number of anilines is 2. The Morgan fingerprint density at radius 1 is 1.44 bits per heavy atom. The molecule has 1 unspecified atom stereocenters. The van der Waals surface area contributed by atoms with E-state index in [1.54, 1.807) is 23.1 Å². The van der Waals surface area contributed by atoms with Crippen LogP contribution in [0.25, 0.3) is 0 Å². The van der Waals surface area contributed by atoms with Gasteiger partial charge in [-0.05, 0) is 25.8 Å². The number of carbonyl (C=O) groups excluding carboxylic acids is 1. The Bertz CT molecular complexity index is 765. The number of nitrogens with one attached hydrogen (secondary N) is 1. The average molecular weight is 339 g/mol. The zero-order valence-corrected chi connectivity index (χ0v) is 14.2. The van der Waals surface area contributed by atoms with E-state index in [4.69, 9.17) is 5.26 Å². The molecule has 3 heterocycles. The highest BCUT2D eigenvalue weighted by molar-refractivity contribution is 5.92. The highest BCUT2D eigenvalue weighted by Gasteiger charge is 2.27. The van der Waals surface area contributed by atoms with Gasteiger partial charge in [0.2, 0.25) is 11.9 Å². The van der Waals surface area contributed by atoms with Crippen LogP contribution in [0, 0.1) is 24.2 Å². The fourth-order valence-electron chi connectivity index (χ4n) is 3.03. The molecule has 1 atom stereocenters. The van der Waals surface area contributed by atoms with E-state index in [2.05, 4.69) is 26.5 Å². The molecule has 25 heavy (non-hydrogen) atoms. The summed E-state index contributed by atoms with van der Waals surface area (Å²) in [6, 6.07) is 5.71. The van der Waals surface area contributed by atoms with Gasteiger partial charge in [0.05, 0.1) is 30.6 Å². The molecule has 0 aliphatic carbocycles. The fraction of sp³-hybridized carbons (Fsp3) is 0.471. The van der Waals surface area contributed by atoms with Crippen LogP contribution in [0.3, 0.4) is 0 Å². The quantitative estimate of drug-likeness (QED) is 0.891. The van der Waals surface area contributed by atoms with E-state index in [9.17, 15) is 4.79 Å². The maximum absolute atomic E-state index is 12.7. The summed E-state index contributed by atoms with van der Waals surface area (Å²) in [5.41, 5.74) is 0.816. The van der Waals surface area contributed by atoms with Crippen molar-refractivity contribution < 1.29 is 4.79 Å². The van der Waals surface area contributed by atoms with Crippen LogP contribution in [0.5, 0.6) is 0 Å². The number of amides is 1. The lowest BCUT2D eigenvalue weighted by Gasteiger charge is -2.31. The minimum Gasteiger partial charge on any atom is -0.340 e. The van der Waals surface area contributed by atoms with Gasteiger partial charge in [-0.1, -0.05) is 0 Å². The van der Waals surface area contributed by atoms with Gasteiger partial charge in [-0.2, -0.15) is 10.4 Å². The summed E-state index contributed by atoms with van der Waals surface area (Å²) < 4.78 is 1.68. The van der Waals surface area contributed by atoms with Gasteiger partial charge in [-0.25, -0.2) is 14.6 Å². The van der Waals surface area contributed by atoms with Crippen LogP contribution in [-0.2, 0) is 11.3 Å². The van der Waals surface area contributed by atoms with Crippen molar-refractivity contribution in [2.75, 3.05) is 23.3 Å². The van der Waals surface area contributed by atoms with Gasteiger partial charge in [-0.3, -0.25) is 4.79 Å². The molecule has 1 aliphatic rings. The minimum absolute atomic E-state index is 0.0289. The highest BCUT2D eigenvalue weighted by Crippen LogP contribution is 2.22. The molecule has 0 spiro atoms. The summed E-state index contributed by atoms with van der Waals surface area (Å²) >= 11 is 0. The lowest BCUT2D eigenvalue weighted by Crippen LogP contribution is -2.41. The summed E-state index contributed by atoms with van der Waals surface area (Å²) in [4.78, 5) is 23.3. The van der Waals surface area contributed by atoms with Crippen molar-refractivity contribution in [2.45, 2.75) is 32.7 Å². The van der Waals surface area contributed by atoms with Gasteiger partial charge in [0.15, 0.2) is 0 Å². The zero-order chi connectivity index (χ0) is 17.6. The third kappa shape index (κ3) is 4.12. The lowest BCUT2D eigenvalue weighted by atomic mass is 9.97. The number of carbonyl (C=O) groups is 1. The summed E-state index contributed by atoms with van der Waals surface area (Å²) in [7, 11) is 0. The Morgan fingerprint density at radius 2 is 2.24 bits per heavy atom. The van der Waals surface area contributed by atoms with Crippen LogP contribution in [-0.4, -0.2) is 38.7 Å². The summed E-state index contributed by atoms with van der Waals surface area (Å²) in [6.45, 7) is 3.79. The molecule has 8 heteroatoms. The first-order chi connectivity index (χ1) is 12.2. The minimum atomic E-state index is -0.128. The fourth-order valence-corrected chi connectivity index (χ4v) is 3.03. The van der Waals surface area contributed by atoms with Crippen molar-refractivity contribution >= 4 is 17.7 Å². The smallest absolute Gasteiger partial charge is 0.230 e.